The van der Waals surface area contributed by atoms with Gasteiger partial charge in [-0.3, -0.25) is 0 Å². The Kier molecular flexibility index (Phi) is 8.04. The van der Waals surface area contributed by atoms with Gasteiger partial charge < -0.3 is 10.2 Å². The third-order valence-electron chi connectivity index (χ3n) is 8.39. The van der Waals surface area contributed by atoms with E-state index in [0.29, 0.717) is 29.1 Å². The second-order valence-electron chi connectivity index (χ2n) is 10.5. The van der Waals surface area contributed by atoms with Crippen LogP contribution in [-0.4, -0.2) is 22.4 Å². The molecule has 4 atom stereocenters. The second kappa shape index (κ2) is 9.41. The maximum Gasteiger partial charge on any atom is 0.0591 e. The number of aliphatic hydroxyl groups excluding tert-OH is 2. The topological polar surface area (TPSA) is 40.5 Å². The van der Waals surface area contributed by atoms with Crippen molar-refractivity contribution in [3.05, 3.63) is 0 Å². The highest BCUT2D eigenvalue weighted by Gasteiger charge is 2.48. The number of hydrogen-bond acceptors (Lipinski definition) is 2. The Labute approximate surface area is 163 Å². The van der Waals surface area contributed by atoms with Gasteiger partial charge in [-0.25, -0.2) is 0 Å². The normalized spacial score (nSPS) is 43.8. The van der Waals surface area contributed by atoms with Gasteiger partial charge in [0, 0.05) is 0 Å². The van der Waals surface area contributed by atoms with Crippen LogP contribution in [0.25, 0.3) is 0 Å². The molecule has 0 radical (unpaired) electrons. The molecule has 2 nitrogen and oxygen atoms in total. The fourth-order valence-corrected chi connectivity index (χ4v) is 6.42. The summed E-state index contributed by atoms with van der Waals surface area (Å²) in [7, 11) is 0. The van der Waals surface area contributed by atoms with Crippen molar-refractivity contribution in [3.63, 3.8) is 0 Å². The first kappa shape index (κ1) is 22.2. The summed E-state index contributed by atoms with van der Waals surface area (Å²) in [6, 6.07) is 0. The minimum Gasteiger partial charge on any atom is -0.393 e. The Hall–Kier alpha value is -0.0800. The molecule has 2 fully saturated rings. The van der Waals surface area contributed by atoms with Crippen LogP contribution in [0.2, 0.25) is 0 Å². The van der Waals surface area contributed by atoms with E-state index in [-0.39, 0.29) is 12.2 Å². The molecular weight excluding hydrogens is 320 g/mol. The predicted molar refractivity (Wildman–Crippen MR) is 111 cm³/mol. The Bertz CT molecular complexity index is 366. The maximum absolute atomic E-state index is 10.5. The van der Waals surface area contributed by atoms with E-state index in [2.05, 4.69) is 41.5 Å². The first-order valence-electron chi connectivity index (χ1n) is 11.6. The third-order valence-corrected chi connectivity index (χ3v) is 8.39. The zero-order valence-electron chi connectivity index (χ0n) is 18.4. The van der Waals surface area contributed by atoms with Crippen molar-refractivity contribution in [2.45, 2.75) is 112 Å². The molecule has 0 aromatic carbocycles. The molecule has 0 spiro atoms. The molecule has 0 aromatic heterocycles. The lowest BCUT2D eigenvalue weighted by atomic mass is 9.53. The average molecular weight is 367 g/mol. The Morgan fingerprint density at radius 3 is 1.42 bits per heavy atom. The number of unbranched alkanes of at least 4 members (excludes halogenated alkanes) is 3. The SMILES string of the molecule is CCCCCCC(C)(C1CC(C)C(O)C(C)C1)C1CC(C)C(O)C(C)C1. The van der Waals surface area contributed by atoms with Crippen molar-refractivity contribution in [2.75, 3.05) is 0 Å². The molecule has 0 bridgehead atoms. The van der Waals surface area contributed by atoms with Crippen LogP contribution in [0.5, 0.6) is 0 Å². The molecule has 2 aliphatic rings. The molecule has 154 valence electrons. The minimum absolute atomic E-state index is 0.124. The van der Waals surface area contributed by atoms with E-state index in [4.69, 9.17) is 0 Å². The van der Waals surface area contributed by atoms with E-state index in [1.54, 1.807) is 0 Å². The second-order valence-corrected chi connectivity index (χ2v) is 10.5. The van der Waals surface area contributed by atoms with E-state index in [9.17, 15) is 10.2 Å². The maximum atomic E-state index is 10.5. The van der Waals surface area contributed by atoms with Crippen molar-refractivity contribution < 1.29 is 10.2 Å². The molecular formula is C24H46O2. The summed E-state index contributed by atoms with van der Waals surface area (Å²) >= 11 is 0. The summed E-state index contributed by atoms with van der Waals surface area (Å²) in [4.78, 5) is 0. The third kappa shape index (κ3) is 4.85. The van der Waals surface area contributed by atoms with Gasteiger partial charge in [-0.15, -0.1) is 0 Å². The van der Waals surface area contributed by atoms with Crippen LogP contribution >= 0.6 is 0 Å². The molecule has 26 heavy (non-hydrogen) atoms. The quantitative estimate of drug-likeness (QED) is 0.538. The highest BCUT2D eigenvalue weighted by atomic mass is 16.3. The first-order chi connectivity index (χ1) is 12.2. The van der Waals surface area contributed by atoms with E-state index in [1.807, 2.05) is 0 Å². The van der Waals surface area contributed by atoms with Gasteiger partial charge in [0.25, 0.3) is 0 Å². The lowest BCUT2D eigenvalue weighted by molar-refractivity contribution is -0.0790. The van der Waals surface area contributed by atoms with E-state index < -0.39 is 0 Å². The van der Waals surface area contributed by atoms with Crippen molar-refractivity contribution >= 4 is 0 Å². The summed E-state index contributed by atoms with van der Waals surface area (Å²) in [5.41, 5.74) is 0.360. The molecule has 2 saturated carbocycles. The fraction of sp³-hybridized carbons (Fsp3) is 1.00. The van der Waals surface area contributed by atoms with Gasteiger partial charge in [-0.2, -0.15) is 0 Å². The number of aliphatic hydroxyl groups is 2. The zero-order valence-corrected chi connectivity index (χ0v) is 18.4. The molecule has 2 heteroatoms. The van der Waals surface area contributed by atoms with Crippen LogP contribution in [-0.2, 0) is 0 Å². The van der Waals surface area contributed by atoms with Crippen LogP contribution in [0.4, 0.5) is 0 Å². The van der Waals surface area contributed by atoms with E-state index in [0.717, 1.165) is 11.8 Å². The lowest BCUT2D eigenvalue weighted by Crippen LogP contribution is -2.47. The smallest absolute Gasteiger partial charge is 0.0591 e. The average Bonchev–Trinajstić information content (AvgIpc) is 2.60. The van der Waals surface area contributed by atoms with Crippen molar-refractivity contribution in [1.82, 2.24) is 0 Å². The highest BCUT2D eigenvalue weighted by molar-refractivity contribution is 4.98. The molecule has 4 unspecified atom stereocenters. The minimum atomic E-state index is -0.124. The summed E-state index contributed by atoms with van der Waals surface area (Å²) in [5, 5.41) is 20.9. The van der Waals surface area contributed by atoms with Crippen LogP contribution in [0.1, 0.15) is 99.3 Å². The van der Waals surface area contributed by atoms with Gasteiger partial charge >= 0.3 is 0 Å². The predicted octanol–water partition coefficient (Wildman–Crippen LogP) is 6.05. The van der Waals surface area contributed by atoms with Gasteiger partial charge in [0.05, 0.1) is 12.2 Å². The highest BCUT2D eigenvalue weighted by Crippen LogP contribution is 2.54. The monoisotopic (exact) mass is 366 g/mol. The summed E-state index contributed by atoms with van der Waals surface area (Å²) in [5.74, 6) is 3.12. The largest absolute Gasteiger partial charge is 0.393 e. The Morgan fingerprint density at radius 1 is 0.692 bits per heavy atom. The Balaban J connectivity index is 2.18. The number of hydrogen-bond donors (Lipinski definition) is 2. The van der Waals surface area contributed by atoms with Gasteiger partial charge in [-0.05, 0) is 73.0 Å². The molecule has 0 aromatic rings. The molecule has 2 aliphatic carbocycles. The summed E-state index contributed by atoms with van der Waals surface area (Å²) < 4.78 is 0. The molecule has 2 N–H and O–H groups in total. The molecule has 0 amide bonds. The van der Waals surface area contributed by atoms with Gasteiger partial charge in [0.15, 0.2) is 0 Å². The first-order valence-corrected chi connectivity index (χ1v) is 11.6. The van der Waals surface area contributed by atoms with E-state index >= 15 is 0 Å². The summed E-state index contributed by atoms with van der Waals surface area (Å²) in [6.45, 7) is 13.9. The van der Waals surface area contributed by atoms with Crippen molar-refractivity contribution in [2.24, 2.45) is 40.9 Å². The summed E-state index contributed by atoms with van der Waals surface area (Å²) in [6.07, 6.45) is 11.1. The zero-order chi connectivity index (χ0) is 19.5. The molecule has 0 heterocycles. The van der Waals surface area contributed by atoms with Crippen molar-refractivity contribution in [3.8, 4) is 0 Å². The number of rotatable bonds is 7. The van der Waals surface area contributed by atoms with E-state index in [1.165, 1.54) is 57.8 Å². The fourth-order valence-electron chi connectivity index (χ4n) is 6.42. The van der Waals surface area contributed by atoms with Gasteiger partial charge in [-0.1, -0.05) is 67.2 Å². The van der Waals surface area contributed by atoms with Crippen LogP contribution in [0.15, 0.2) is 0 Å². The molecule has 2 rings (SSSR count). The molecule has 0 saturated heterocycles. The van der Waals surface area contributed by atoms with Crippen molar-refractivity contribution in [1.29, 1.82) is 0 Å². The van der Waals surface area contributed by atoms with Gasteiger partial charge in [0.1, 0.15) is 0 Å². The lowest BCUT2D eigenvalue weighted by Gasteiger charge is -2.53. The van der Waals surface area contributed by atoms with Crippen LogP contribution < -0.4 is 0 Å². The van der Waals surface area contributed by atoms with Gasteiger partial charge in [0.2, 0.25) is 0 Å². The molecule has 0 aliphatic heterocycles. The van der Waals surface area contributed by atoms with Crippen LogP contribution in [0.3, 0.4) is 0 Å². The van der Waals surface area contributed by atoms with Crippen LogP contribution in [0, 0.1) is 40.9 Å². The standard InChI is InChI=1S/C24H46O2/c1-7-8-9-10-11-24(6,20-12-16(2)22(25)17(3)13-20)21-14-18(4)23(26)19(5)15-21/h16-23,25-26H,7-15H2,1-6H3. The Morgan fingerprint density at radius 2 is 1.08 bits per heavy atom.